The smallest absolute Gasteiger partial charge is 0.122 e. The molecule has 0 saturated heterocycles. The Morgan fingerprint density at radius 2 is 1.24 bits per heavy atom. The molecule has 0 amide bonds. The van der Waals surface area contributed by atoms with Crippen molar-refractivity contribution in [2.45, 2.75) is 13.0 Å². The van der Waals surface area contributed by atoms with Crippen molar-refractivity contribution in [3.05, 3.63) is 54.1 Å². The summed E-state index contributed by atoms with van der Waals surface area (Å²) in [5, 5.41) is 9.42. The van der Waals surface area contributed by atoms with Crippen LogP contribution in [0.25, 0.3) is 0 Å². The van der Waals surface area contributed by atoms with Crippen LogP contribution in [0.15, 0.2) is 48.5 Å². The first-order valence-electron chi connectivity index (χ1n) is 6.86. The lowest BCUT2D eigenvalue weighted by molar-refractivity contribution is 0.198. The summed E-state index contributed by atoms with van der Waals surface area (Å²) < 4.78 is 16.2. The molecule has 1 atom stereocenters. The Labute approximate surface area is 124 Å². The van der Waals surface area contributed by atoms with Gasteiger partial charge in [-0.3, -0.25) is 0 Å². The highest BCUT2D eigenvalue weighted by Crippen LogP contribution is 2.18. The highest BCUT2D eigenvalue weighted by Gasteiger charge is 2.01. The van der Waals surface area contributed by atoms with Crippen molar-refractivity contribution in [3.63, 3.8) is 0 Å². The van der Waals surface area contributed by atoms with Crippen LogP contribution in [0.4, 0.5) is 0 Å². The summed E-state index contributed by atoms with van der Waals surface area (Å²) in [6.07, 6.45) is -0.461. The van der Waals surface area contributed by atoms with Crippen LogP contribution in [0, 0.1) is 0 Å². The van der Waals surface area contributed by atoms with E-state index in [0.717, 1.165) is 22.8 Å². The van der Waals surface area contributed by atoms with Crippen LogP contribution in [0.2, 0.25) is 0 Å². The minimum atomic E-state index is -0.461. The molecule has 0 fully saturated rings. The molecule has 0 aliphatic heterocycles. The van der Waals surface area contributed by atoms with Gasteiger partial charge in [0.15, 0.2) is 0 Å². The third kappa shape index (κ3) is 4.68. The Hall–Kier alpha value is -2.20. The average Bonchev–Trinajstić information content (AvgIpc) is 2.52. The van der Waals surface area contributed by atoms with E-state index in [-0.39, 0.29) is 0 Å². The number of benzene rings is 2. The van der Waals surface area contributed by atoms with Crippen molar-refractivity contribution >= 4 is 0 Å². The van der Waals surface area contributed by atoms with E-state index in [9.17, 15) is 5.11 Å². The minimum Gasteiger partial charge on any atom is -0.497 e. The maximum atomic E-state index is 9.42. The van der Waals surface area contributed by atoms with Gasteiger partial charge >= 0.3 is 0 Å². The van der Waals surface area contributed by atoms with Crippen LogP contribution < -0.4 is 14.2 Å². The van der Waals surface area contributed by atoms with E-state index in [1.165, 1.54) is 0 Å². The van der Waals surface area contributed by atoms with Gasteiger partial charge in [0, 0.05) is 0 Å². The zero-order valence-electron chi connectivity index (χ0n) is 12.3. The second-order valence-electron chi connectivity index (χ2n) is 4.62. The van der Waals surface area contributed by atoms with Gasteiger partial charge in [-0.1, -0.05) is 12.1 Å². The molecule has 0 aliphatic rings. The summed E-state index contributed by atoms with van der Waals surface area (Å²) in [6.45, 7) is 2.66. The summed E-state index contributed by atoms with van der Waals surface area (Å²) >= 11 is 0. The molecule has 2 aromatic carbocycles. The third-order valence-electron chi connectivity index (χ3n) is 3.04. The van der Waals surface area contributed by atoms with E-state index in [1.54, 1.807) is 14.0 Å². The molecule has 0 spiro atoms. The summed E-state index contributed by atoms with van der Waals surface area (Å²) in [7, 11) is 1.63. The highest BCUT2D eigenvalue weighted by atomic mass is 16.5. The predicted octanol–water partition coefficient (Wildman–Crippen LogP) is 3.21. The van der Waals surface area contributed by atoms with Crippen molar-refractivity contribution < 1.29 is 19.3 Å². The van der Waals surface area contributed by atoms with Crippen LogP contribution >= 0.6 is 0 Å². The Morgan fingerprint density at radius 1 is 0.810 bits per heavy atom. The molecule has 0 aromatic heterocycles. The zero-order chi connectivity index (χ0) is 15.1. The normalized spacial score (nSPS) is 11.8. The molecule has 4 heteroatoms. The number of ether oxygens (including phenoxy) is 3. The van der Waals surface area contributed by atoms with Gasteiger partial charge < -0.3 is 19.3 Å². The first kappa shape index (κ1) is 15.2. The molecular weight excluding hydrogens is 268 g/mol. The first-order valence-corrected chi connectivity index (χ1v) is 6.86. The fraction of sp³-hybridized carbons (Fsp3) is 0.294. The number of hydrogen-bond acceptors (Lipinski definition) is 4. The van der Waals surface area contributed by atoms with Gasteiger partial charge in [-0.2, -0.15) is 0 Å². The largest absolute Gasteiger partial charge is 0.497 e. The van der Waals surface area contributed by atoms with Crippen molar-refractivity contribution in [3.8, 4) is 17.2 Å². The van der Waals surface area contributed by atoms with E-state index in [4.69, 9.17) is 14.2 Å². The van der Waals surface area contributed by atoms with Crippen LogP contribution in [-0.2, 0) is 0 Å². The Kier molecular flexibility index (Phi) is 5.46. The van der Waals surface area contributed by atoms with E-state index >= 15 is 0 Å². The zero-order valence-corrected chi connectivity index (χ0v) is 12.3. The van der Waals surface area contributed by atoms with Crippen molar-refractivity contribution in [2.75, 3.05) is 20.3 Å². The molecule has 2 rings (SSSR count). The first-order chi connectivity index (χ1) is 10.2. The van der Waals surface area contributed by atoms with E-state index in [2.05, 4.69) is 0 Å². The molecular formula is C17H20O4. The van der Waals surface area contributed by atoms with Crippen molar-refractivity contribution in [1.82, 2.24) is 0 Å². The maximum Gasteiger partial charge on any atom is 0.122 e. The number of rotatable bonds is 7. The van der Waals surface area contributed by atoms with Crippen LogP contribution in [-0.4, -0.2) is 25.4 Å². The van der Waals surface area contributed by atoms with Crippen LogP contribution in [0.5, 0.6) is 17.2 Å². The monoisotopic (exact) mass is 288 g/mol. The highest BCUT2D eigenvalue weighted by molar-refractivity contribution is 5.31. The van der Waals surface area contributed by atoms with Gasteiger partial charge in [0.1, 0.15) is 30.5 Å². The summed E-state index contributed by atoms with van der Waals surface area (Å²) in [5.41, 5.74) is 0.872. The molecule has 112 valence electrons. The molecule has 0 heterocycles. The van der Waals surface area contributed by atoms with Gasteiger partial charge in [-0.15, -0.1) is 0 Å². The third-order valence-corrected chi connectivity index (χ3v) is 3.04. The van der Waals surface area contributed by atoms with Gasteiger partial charge in [0.25, 0.3) is 0 Å². The van der Waals surface area contributed by atoms with E-state index in [0.29, 0.717) is 13.2 Å². The Bertz CT molecular complexity index is 532. The Balaban J connectivity index is 1.73. The van der Waals surface area contributed by atoms with Crippen LogP contribution in [0.3, 0.4) is 0 Å². The molecule has 0 radical (unpaired) electrons. The lowest BCUT2D eigenvalue weighted by Gasteiger charge is -2.10. The van der Waals surface area contributed by atoms with Gasteiger partial charge in [-0.25, -0.2) is 0 Å². The number of aliphatic hydroxyl groups excluding tert-OH is 1. The van der Waals surface area contributed by atoms with Crippen LogP contribution in [0.1, 0.15) is 18.6 Å². The minimum absolute atomic E-state index is 0.458. The molecule has 21 heavy (non-hydrogen) atoms. The second-order valence-corrected chi connectivity index (χ2v) is 4.62. The molecule has 2 aromatic rings. The molecule has 0 saturated carbocycles. The predicted molar refractivity (Wildman–Crippen MR) is 81.1 cm³/mol. The second kappa shape index (κ2) is 7.55. The molecule has 4 nitrogen and oxygen atoms in total. The lowest BCUT2D eigenvalue weighted by atomic mass is 10.1. The molecule has 1 N–H and O–H groups in total. The van der Waals surface area contributed by atoms with Gasteiger partial charge in [0.2, 0.25) is 0 Å². The standard InChI is InChI=1S/C17H20O4/c1-13(18)14-3-5-16(6-4-14)20-11-12-21-17-9-7-15(19-2)8-10-17/h3-10,13,18H,11-12H2,1-2H3/t13-/m1/s1. The fourth-order valence-corrected chi connectivity index (χ4v) is 1.83. The Morgan fingerprint density at radius 3 is 1.67 bits per heavy atom. The average molecular weight is 288 g/mol. The molecule has 0 aliphatic carbocycles. The summed E-state index contributed by atoms with van der Waals surface area (Å²) in [5.74, 6) is 2.35. The topological polar surface area (TPSA) is 47.9 Å². The number of hydrogen-bond donors (Lipinski definition) is 1. The summed E-state index contributed by atoms with van der Waals surface area (Å²) in [6, 6.07) is 14.8. The van der Waals surface area contributed by atoms with E-state index < -0.39 is 6.10 Å². The van der Waals surface area contributed by atoms with Gasteiger partial charge in [-0.05, 0) is 48.9 Å². The maximum absolute atomic E-state index is 9.42. The lowest BCUT2D eigenvalue weighted by Crippen LogP contribution is -2.09. The van der Waals surface area contributed by atoms with Crippen molar-refractivity contribution in [1.29, 1.82) is 0 Å². The van der Waals surface area contributed by atoms with Crippen molar-refractivity contribution in [2.24, 2.45) is 0 Å². The van der Waals surface area contributed by atoms with E-state index in [1.807, 2.05) is 48.5 Å². The SMILES string of the molecule is COc1ccc(OCCOc2ccc([C@@H](C)O)cc2)cc1. The fourth-order valence-electron chi connectivity index (χ4n) is 1.83. The summed E-state index contributed by atoms with van der Waals surface area (Å²) in [4.78, 5) is 0. The quantitative estimate of drug-likeness (QED) is 0.795. The number of aliphatic hydroxyl groups is 1. The van der Waals surface area contributed by atoms with Gasteiger partial charge in [0.05, 0.1) is 13.2 Å². The molecule has 0 unspecified atom stereocenters. The number of methoxy groups -OCH3 is 1. The molecule has 0 bridgehead atoms.